The van der Waals surface area contributed by atoms with Gasteiger partial charge in [0.15, 0.2) is 0 Å². The average Bonchev–Trinajstić information content (AvgIpc) is 3.12. The summed E-state index contributed by atoms with van der Waals surface area (Å²) in [6.45, 7) is 6.58. The van der Waals surface area contributed by atoms with Gasteiger partial charge in [0.1, 0.15) is 0 Å². The van der Waals surface area contributed by atoms with Gasteiger partial charge in [-0.15, -0.1) is 0 Å². The molecule has 33 heavy (non-hydrogen) atoms. The minimum absolute atomic E-state index is 0.00746. The Bertz CT molecular complexity index is 1160. The number of esters is 1. The van der Waals surface area contributed by atoms with Crippen molar-refractivity contribution in [2.24, 2.45) is 0 Å². The Balaban J connectivity index is 1.63. The number of hydrogen-bond acceptors (Lipinski definition) is 6. The fraction of sp³-hybridized carbons (Fsp3) is 0.435. The standard InChI is InChI=1S/C23H27AsCl2N4O3/c1-13-10-19(27-7-6-24-16-4-8-33-9-5-16)30-22(28-13)20(14(2)29-30)21-17(25)11-15(12-18(21)26)23(31)32-3/h10-12,16,24,27H,4-9H2,1-3H3. The van der Waals surface area contributed by atoms with Gasteiger partial charge in [0.2, 0.25) is 0 Å². The number of benzene rings is 1. The molecule has 1 N–H and O–H groups in total. The van der Waals surface area contributed by atoms with Crippen LogP contribution in [-0.2, 0) is 9.47 Å². The van der Waals surface area contributed by atoms with Crippen molar-refractivity contribution in [2.75, 3.05) is 32.2 Å². The van der Waals surface area contributed by atoms with E-state index in [-0.39, 0.29) is 15.8 Å². The van der Waals surface area contributed by atoms with Crippen LogP contribution >= 0.6 is 23.2 Å². The Morgan fingerprint density at radius 1 is 1.21 bits per heavy atom. The molecule has 3 heterocycles. The van der Waals surface area contributed by atoms with E-state index in [1.165, 1.54) is 25.2 Å². The molecule has 0 saturated carbocycles. The number of aryl methyl sites for hydroxylation is 2. The molecule has 0 spiro atoms. The molecule has 0 amide bonds. The second-order valence-electron chi connectivity index (χ2n) is 8.05. The van der Waals surface area contributed by atoms with Crippen molar-refractivity contribution in [1.82, 2.24) is 14.6 Å². The Morgan fingerprint density at radius 2 is 1.91 bits per heavy atom. The number of methoxy groups -OCH3 is 1. The molecule has 0 bridgehead atoms. The van der Waals surface area contributed by atoms with Crippen LogP contribution in [0, 0.1) is 13.8 Å². The Morgan fingerprint density at radius 3 is 2.58 bits per heavy atom. The van der Waals surface area contributed by atoms with E-state index < -0.39 is 5.97 Å². The van der Waals surface area contributed by atoms with Crippen LogP contribution in [0.5, 0.6) is 0 Å². The number of nitrogens with one attached hydrogen (secondary N) is 1. The summed E-state index contributed by atoms with van der Waals surface area (Å²) in [6, 6.07) is 5.13. The molecular weight excluding hydrogens is 526 g/mol. The first kappa shape index (κ1) is 24.3. The molecule has 1 atom stereocenters. The van der Waals surface area contributed by atoms with E-state index in [4.69, 9.17) is 42.8 Å². The van der Waals surface area contributed by atoms with Gasteiger partial charge in [-0.05, 0) is 0 Å². The molecule has 1 aliphatic heterocycles. The summed E-state index contributed by atoms with van der Waals surface area (Å²) in [5.74, 6) is 0.398. The van der Waals surface area contributed by atoms with Gasteiger partial charge in [0, 0.05) is 0 Å². The minimum atomic E-state index is -0.494. The monoisotopic (exact) mass is 552 g/mol. The molecule has 1 saturated heterocycles. The van der Waals surface area contributed by atoms with Crippen LogP contribution in [0.1, 0.15) is 34.6 Å². The summed E-state index contributed by atoms with van der Waals surface area (Å²) in [5, 5.41) is 10.2. The summed E-state index contributed by atoms with van der Waals surface area (Å²) in [4.78, 5) is 16.7. The van der Waals surface area contributed by atoms with E-state index in [1.54, 1.807) is 12.1 Å². The molecular formula is C23H27AsCl2N4O3. The van der Waals surface area contributed by atoms with Gasteiger partial charge in [-0.1, -0.05) is 0 Å². The van der Waals surface area contributed by atoms with Crippen molar-refractivity contribution in [3.63, 3.8) is 0 Å². The van der Waals surface area contributed by atoms with Crippen molar-refractivity contribution < 1.29 is 14.3 Å². The molecule has 1 fully saturated rings. The fourth-order valence-corrected chi connectivity index (χ4v) is 7.53. The van der Waals surface area contributed by atoms with Crippen LogP contribution < -0.4 is 5.32 Å². The van der Waals surface area contributed by atoms with E-state index in [1.807, 2.05) is 24.4 Å². The summed E-state index contributed by atoms with van der Waals surface area (Å²) in [6.07, 6.45) is 2.41. The number of fused-ring (bicyclic) bond motifs is 1. The molecule has 10 heteroatoms. The number of anilines is 1. The number of ether oxygens (including phenoxy) is 2. The van der Waals surface area contributed by atoms with Crippen LogP contribution in [0.4, 0.5) is 5.82 Å². The van der Waals surface area contributed by atoms with Gasteiger partial charge in [0.05, 0.1) is 7.11 Å². The Labute approximate surface area is 209 Å². The second-order valence-corrected chi connectivity index (χ2v) is 12.5. The number of nitrogens with zero attached hydrogens (tertiary/aromatic N) is 3. The molecule has 1 aromatic carbocycles. The summed E-state index contributed by atoms with van der Waals surface area (Å²) in [5.41, 5.74) is 3.94. The molecule has 2 aromatic heterocycles. The molecule has 0 radical (unpaired) electrons. The van der Waals surface area contributed by atoms with Crippen molar-refractivity contribution in [1.29, 1.82) is 0 Å². The zero-order chi connectivity index (χ0) is 23.5. The van der Waals surface area contributed by atoms with Crippen molar-refractivity contribution in [3.05, 3.63) is 45.2 Å². The Kier molecular flexibility index (Phi) is 7.85. The molecule has 0 aliphatic carbocycles. The van der Waals surface area contributed by atoms with E-state index in [9.17, 15) is 4.79 Å². The van der Waals surface area contributed by atoms with Crippen LogP contribution in [0.25, 0.3) is 16.8 Å². The zero-order valence-corrected chi connectivity index (χ0v) is 22.5. The topological polar surface area (TPSA) is 77.8 Å². The summed E-state index contributed by atoms with van der Waals surface area (Å²) >= 11 is 13.1. The molecule has 3 aromatic rings. The van der Waals surface area contributed by atoms with Gasteiger partial charge in [-0.25, -0.2) is 4.79 Å². The molecule has 7 nitrogen and oxygen atoms in total. The summed E-state index contributed by atoms with van der Waals surface area (Å²) < 4.78 is 12.9. The number of carbonyl (C=O) groups excluding carboxylic acids is 1. The van der Waals surface area contributed by atoms with E-state index in [2.05, 4.69) is 5.32 Å². The number of hydrogen-bond donors (Lipinski definition) is 1. The summed E-state index contributed by atoms with van der Waals surface area (Å²) in [7, 11) is 1.32. The first-order valence-corrected chi connectivity index (χ1v) is 14.3. The maximum absolute atomic E-state index is 11.9. The first-order valence-electron chi connectivity index (χ1n) is 10.9. The third-order valence-electron chi connectivity index (χ3n) is 5.69. The molecule has 4 rings (SSSR count). The SMILES string of the molecule is COC(=O)c1cc(Cl)c(-c2c(C)nn3c(NCC[AsH]C4CCOCC4)cc(C)nc23)c(Cl)c1. The molecule has 176 valence electrons. The third kappa shape index (κ3) is 5.32. The predicted molar refractivity (Wildman–Crippen MR) is 134 cm³/mol. The van der Waals surface area contributed by atoms with Crippen LogP contribution in [0.3, 0.4) is 0 Å². The second kappa shape index (κ2) is 10.6. The van der Waals surface area contributed by atoms with Gasteiger partial charge >= 0.3 is 194 Å². The number of rotatable bonds is 7. The van der Waals surface area contributed by atoms with Gasteiger partial charge in [-0.3, -0.25) is 0 Å². The van der Waals surface area contributed by atoms with Crippen molar-refractivity contribution >= 4 is 56.4 Å². The van der Waals surface area contributed by atoms with Crippen molar-refractivity contribution in [2.45, 2.75) is 36.6 Å². The molecule has 1 unspecified atom stereocenters. The Hall–Kier alpha value is -1.79. The van der Waals surface area contributed by atoms with E-state index >= 15 is 0 Å². The van der Waals surface area contributed by atoms with E-state index in [0.717, 1.165) is 47.2 Å². The quantitative estimate of drug-likeness (QED) is 0.253. The van der Waals surface area contributed by atoms with Crippen molar-refractivity contribution in [3.8, 4) is 11.1 Å². The first-order chi connectivity index (χ1) is 15.9. The van der Waals surface area contributed by atoms with Gasteiger partial charge < -0.3 is 4.74 Å². The van der Waals surface area contributed by atoms with Crippen LogP contribution in [-0.4, -0.2) is 63.2 Å². The van der Waals surface area contributed by atoms with Crippen LogP contribution in [0.15, 0.2) is 18.2 Å². The van der Waals surface area contributed by atoms with E-state index in [0.29, 0.717) is 26.8 Å². The predicted octanol–water partition coefficient (Wildman–Crippen LogP) is 4.97. The number of aromatic nitrogens is 3. The normalized spacial score (nSPS) is 14.9. The maximum atomic E-state index is 11.9. The number of carbonyl (C=O) groups is 1. The zero-order valence-electron chi connectivity index (χ0n) is 18.9. The van der Waals surface area contributed by atoms with Crippen LogP contribution in [0.2, 0.25) is 20.0 Å². The third-order valence-corrected chi connectivity index (χ3v) is 9.84. The number of halogens is 2. The van der Waals surface area contributed by atoms with Gasteiger partial charge in [-0.2, -0.15) is 0 Å². The van der Waals surface area contributed by atoms with Gasteiger partial charge in [0.25, 0.3) is 0 Å². The molecule has 1 aliphatic rings. The average molecular weight is 553 g/mol. The fourth-order valence-electron chi connectivity index (χ4n) is 4.08.